The predicted octanol–water partition coefficient (Wildman–Crippen LogP) is 0.287. The molecule has 1 aromatic rings. The fraction of sp³-hybridized carbons (Fsp3) is 0.385. The molecule has 2 N–H and O–H groups in total. The van der Waals surface area contributed by atoms with Crippen LogP contribution < -0.4 is 4.74 Å². The fourth-order valence-corrected chi connectivity index (χ4v) is 1.97. The van der Waals surface area contributed by atoms with Gasteiger partial charge in [-0.2, -0.15) is 0 Å². The maximum Gasteiger partial charge on any atom is 0.344 e. The Morgan fingerprint density at radius 3 is 2.77 bits per heavy atom. The summed E-state index contributed by atoms with van der Waals surface area (Å²) in [7, 11) is 0. The van der Waals surface area contributed by atoms with Crippen molar-refractivity contribution in [3.63, 3.8) is 0 Å². The second kappa shape index (κ2) is 7.45. The van der Waals surface area contributed by atoms with E-state index in [4.69, 9.17) is 29.2 Å². The summed E-state index contributed by atoms with van der Waals surface area (Å²) in [5.74, 6) is -1.44. The zero-order valence-corrected chi connectivity index (χ0v) is 12.2. The molecule has 2 unspecified atom stereocenters. The standard InChI is InChI=1S/C13H14O8S/c14-11(19-4-8-5-20-13(17)21-8)6-18-7-1-2-9(12(15)16)10(22)3-7/h1-3,8,13,17,22H,4-6H2,(H,15,16). The molecule has 22 heavy (non-hydrogen) atoms. The van der Waals surface area contributed by atoms with Gasteiger partial charge in [0.1, 0.15) is 18.5 Å². The highest BCUT2D eigenvalue weighted by molar-refractivity contribution is 7.80. The highest BCUT2D eigenvalue weighted by Gasteiger charge is 2.25. The molecule has 1 aromatic carbocycles. The third-order valence-electron chi connectivity index (χ3n) is 2.72. The Hall–Kier alpha value is -1.81. The van der Waals surface area contributed by atoms with E-state index in [-0.39, 0.29) is 30.3 Å². The van der Waals surface area contributed by atoms with E-state index in [9.17, 15) is 9.59 Å². The monoisotopic (exact) mass is 330 g/mol. The van der Waals surface area contributed by atoms with Crippen LogP contribution in [-0.2, 0) is 19.0 Å². The van der Waals surface area contributed by atoms with E-state index in [1.807, 2.05) is 0 Å². The van der Waals surface area contributed by atoms with E-state index in [1.165, 1.54) is 18.2 Å². The molecule has 0 bridgehead atoms. The van der Waals surface area contributed by atoms with Crippen molar-refractivity contribution >= 4 is 24.6 Å². The van der Waals surface area contributed by atoms with Crippen LogP contribution in [0.3, 0.4) is 0 Å². The molecular weight excluding hydrogens is 316 g/mol. The van der Waals surface area contributed by atoms with Gasteiger partial charge in [0.05, 0.1) is 12.2 Å². The lowest BCUT2D eigenvalue weighted by Crippen LogP contribution is -2.24. The lowest BCUT2D eigenvalue weighted by molar-refractivity contribution is -0.208. The Bertz CT molecular complexity index is 561. The van der Waals surface area contributed by atoms with Crippen molar-refractivity contribution in [2.75, 3.05) is 19.8 Å². The number of carboxylic acid groups (broad SMARTS) is 1. The lowest BCUT2D eigenvalue weighted by Gasteiger charge is -2.10. The molecule has 8 nitrogen and oxygen atoms in total. The van der Waals surface area contributed by atoms with E-state index in [2.05, 4.69) is 12.6 Å². The van der Waals surface area contributed by atoms with Gasteiger partial charge in [0.15, 0.2) is 6.61 Å². The molecule has 1 aliphatic heterocycles. The van der Waals surface area contributed by atoms with Gasteiger partial charge < -0.3 is 29.2 Å². The van der Waals surface area contributed by atoms with Crippen LogP contribution in [0.5, 0.6) is 5.75 Å². The molecule has 120 valence electrons. The van der Waals surface area contributed by atoms with Crippen molar-refractivity contribution in [3.05, 3.63) is 23.8 Å². The Labute approximate surface area is 131 Å². The maximum atomic E-state index is 11.5. The highest BCUT2D eigenvalue weighted by atomic mass is 32.1. The molecule has 0 aromatic heterocycles. The predicted molar refractivity (Wildman–Crippen MR) is 73.9 cm³/mol. The van der Waals surface area contributed by atoms with Crippen molar-refractivity contribution in [1.29, 1.82) is 0 Å². The zero-order chi connectivity index (χ0) is 16.1. The molecule has 1 saturated heterocycles. The first-order chi connectivity index (χ1) is 10.5. The van der Waals surface area contributed by atoms with E-state index >= 15 is 0 Å². The summed E-state index contributed by atoms with van der Waals surface area (Å²) >= 11 is 4.03. The van der Waals surface area contributed by atoms with Crippen molar-refractivity contribution in [3.8, 4) is 5.75 Å². The molecule has 1 fully saturated rings. The number of aliphatic hydroxyl groups is 1. The number of hydrogen-bond acceptors (Lipinski definition) is 8. The van der Waals surface area contributed by atoms with Crippen molar-refractivity contribution in [1.82, 2.24) is 0 Å². The summed E-state index contributed by atoms with van der Waals surface area (Å²) in [5.41, 5.74) is 0.0372. The van der Waals surface area contributed by atoms with Crippen LogP contribution in [0.2, 0.25) is 0 Å². The first kappa shape index (κ1) is 16.6. The molecule has 0 aliphatic carbocycles. The number of benzene rings is 1. The number of aliphatic hydroxyl groups excluding tert-OH is 1. The SMILES string of the molecule is O=C(COc1ccc(C(=O)O)c(S)c1)OCC1COC(O)O1. The summed E-state index contributed by atoms with van der Waals surface area (Å²) in [4.78, 5) is 22.6. The third-order valence-corrected chi connectivity index (χ3v) is 3.09. The van der Waals surface area contributed by atoms with Crippen molar-refractivity contribution < 1.29 is 38.7 Å². The normalized spacial score (nSPS) is 20.6. The molecule has 0 amide bonds. The quantitative estimate of drug-likeness (QED) is 0.504. The molecule has 0 radical (unpaired) electrons. The third kappa shape index (κ3) is 4.60. The number of thiol groups is 1. The van der Waals surface area contributed by atoms with Crippen LogP contribution in [-0.4, -0.2) is 54.6 Å². The number of carbonyl (C=O) groups excluding carboxylic acids is 1. The first-order valence-corrected chi connectivity index (χ1v) is 6.70. The van der Waals surface area contributed by atoms with Crippen molar-refractivity contribution in [2.45, 2.75) is 17.5 Å². The van der Waals surface area contributed by atoms with E-state index in [0.717, 1.165) is 0 Å². The second-order valence-corrected chi connectivity index (χ2v) is 4.84. The van der Waals surface area contributed by atoms with Gasteiger partial charge in [0.2, 0.25) is 0 Å². The number of ether oxygens (including phenoxy) is 4. The smallest absolute Gasteiger partial charge is 0.344 e. The largest absolute Gasteiger partial charge is 0.482 e. The number of esters is 1. The van der Waals surface area contributed by atoms with Gasteiger partial charge in [0.25, 0.3) is 6.48 Å². The number of aromatic carboxylic acids is 1. The van der Waals surface area contributed by atoms with Gasteiger partial charge in [-0.15, -0.1) is 12.6 Å². The second-order valence-electron chi connectivity index (χ2n) is 4.35. The highest BCUT2D eigenvalue weighted by Crippen LogP contribution is 2.21. The Balaban J connectivity index is 1.76. The minimum Gasteiger partial charge on any atom is -0.482 e. The Kier molecular flexibility index (Phi) is 5.61. The van der Waals surface area contributed by atoms with Crippen molar-refractivity contribution in [2.24, 2.45) is 0 Å². The molecule has 2 atom stereocenters. The maximum absolute atomic E-state index is 11.5. The first-order valence-electron chi connectivity index (χ1n) is 6.25. The molecular formula is C13H14O8S. The minimum atomic E-state index is -1.29. The van der Waals surface area contributed by atoms with Crippen LogP contribution in [0, 0.1) is 0 Å². The van der Waals surface area contributed by atoms with Gasteiger partial charge in [-0.25, -0.2) is 9.59 Å². The van der Waals surface area contributed by atoms with Gasteiger partial charge in [0, 0.05) is 4.90 Å². The molecule has 1 heterocycles. The van der Waals surface area contributed by atoms with Gasteiger partial charge >= 0.3 is 11.9 Å². The molecule has 1 aliphatic rings. The van der Waals surface area contributed by atoms with E-state index in [0.29, 0.717) is 5.75 Å². The topological polar surface area (TPSA) is 112 Å². The van der Waals surface area contributed by atoms with Gasteiger partial charge in [-0.3, -0.25) is 0 Å². The minimum absolute atomic E-state index is 0.0372. The summed E-state index contributed by atoms with van der Waals surface area (Å²) in [6.45, 7) is -1.57. The average Bonchev–Trinajstić information content (AvgIpc) is 2.88. The molecule has 2 rings (SSSR count). The van der Waals surface area contributed by atoms with Crippen LogP contribution in [0.15, 0.2) is 23.1 Å². The summed E-state index contributed by atoms with van der Waals surface area (Å²) in [5, 5.41) is 17.8. The summed E-state index contributed by atoms with van der Waals surface area (Å²) in [6, 6.07) is 4.14. The number of carbonyl (C=O) groups is 2. The van der Waals surface area contributed by atoms with Crippen LogP contribution in [0.4, 0.5) is 0 Å². The lowest BCUT2D eigenvalue weighted by atomic mass is 10.2. The van der Waals surface area contributed by atoms with Crippen LogP contribution in [0.1, 0.15) is 10.4 Å². The van der Waals surface area contributed by atoms with E-state index < -0.39 is 24.5 Å². The number of hydrogen-bond donors (Lipinski definition) is 3. The Morgan fingerprint density at radius 2 is 2.18 bits per heavy atom. The zero-order valence-electron chi connectivity index (χ0n) is 11.3. The average molecular weight is 330 g/mol. The number of carboxylic acids is 1. The molecule has 0 spiro atoms. The summed E-state index contributed by atoms with van der Waals surface area (Å²) in [6.07, 6.45) is -0.516. The van der Waals surface area contributed by atoms with Crippen LogP contribution in [0.25, 0.3) is 0 Å². The summed E-state index contributed by atoms with van der Waals surface area (Å²) < 4.78 is 19.7. The van der Waals surface area contributed by atoms with E-state index in [1.54, 1.807) is 0 Å². The van der Waals surface area contributed by atoms with Gasteiger partial charge in [-0.1, -0.05) is 0 Å². The molecule has 0 saturated carbocycles. The van der Waals surface area contributed by atoms with Gasteiger partial charge in [-0.05, 0) is 18.2 Å². The Morgan fingerprint density at radius 1 is 1.41 bits per heavy atom. The fourth-order valence-electron chi connectivity index (χ4n) is 1.67. The molecule has 9 heteroatoms. The van der Waals surface area contributed by atoms with Crippen LogP contribution >= 0.6 is 12.6 Å². The number of rotatable bonds is 6.